The van der Waals surface area contributed by atoms with E-state index in [9.17, 15) is 19.2 Å². The molecule has 21 heavy (non-hydrogen) atoms. The minimum Gasteiger partial charge on any atom is -0.480 e. The number of carboxylic acids is 1. The van der Waals surface area contributed by atoms with Crippen LogP contribution in [-0.4, -0.2) is 51.9 Å². The molecule has 3 N–H and O–H groups in total. The molecule has 0 spiro atoms. The zero-order chi connectivity index (χ0) is 16.4. The standard InChI is InChI=1S/C13H21N3O5/c1-5-7(2)9(10(18)19)14-8(17)6-16-11(20)13(3,4)15-12(16)21/h7,9H,5-6H2,1-4H3,(H,14,17)(H,15,21)(H,18,19)/t7-,9-/m0/s1. The summed E-state index contributed by atoms with van der Waals surface area (Å²) < 4.78 is 0. The van der Waals surface area contributed by atoms with Crippen molar-refractivity contribution in [1.82, 2.24) is 15.5 Å². The van der Waals surface area contributed by atoms with Crippen molar-refractivity contribution in [3.05, 3.63) is 0 Å². The second kappa shape index (κ2) is 6.11. The van der Waals surface area contributed by atoms with Gasteiger partial charge in [0.05, 0.1) is 0 Å². The van der Waals surface area contributed by atoms with E-state index < -0.39 is 41.9 Å². The van der Waals surface area contributed by atoms with Crippen molar-refractivity contribution in [2.24, 2.45) is 5.92 Å². The van der Waals surface area contributed by atoms with Crippen LogP contribution in [0.15, 0.2) is 0 Å². The van der Waals surface area contributed by atoms with Crippen LogP contribution in [0.3, 0.4) is 0 Å². The first-order valence-electron chi connectivity index (χ1n) is 6.76. The summed E-state index contributed by atoms with van der Waals surface area (Å²) in [6, 6.07) is -1.70. The Morgan fingerprint density at radius 3 is 2.33 bits per heavy atom. The van der Waals surface area contributed by atoms with E-state index in [2.05, 4.69) is 10.6 Å². The molecular formula is C13H21N3O5. The molecule has 8 heteroatoms. The Kier molecular flexibility index (Phi) is 4.93. The van der Waals surface area contributed by atoms with Crippen molar-refractivity contribution in [3.63, 3.8) is 0 Å². The number of nitrogens with zero attached hydrogens (tertiary/aromatic N) is 1. The molecule has 0 bridgehead atoms. The number of rotatable bonds is 6. The molecule has 1 heterocycles. The first-order valence-corrected chi connectivity index (χ1v) is 6.76. The zero-order valence-corrected chi connectivity index (χ0v) is 12.6. The van der Waals surface area contributed by atoms with Crippen molar-refractivity contribution in [3.8, 4) is 0 Å². The number of carbonyl (C=O) groups is 4. The molecule has 1 aliphatic heterocycles. The zero-order valence-electron chi connectivity index (χ0n) is 12.6. The number of imide groups is 1. The Labute approximate surface area is 122 Å². The van der Waals surface area contributed by atoms with Gasteiger partial charge in [-0.2, -0.15) is 0 Å². The normalized spacial score (nSPS) is 19.9. The van der Waals surface area contributed by atoms with Gasteiger partial charge in [-0.15, -0.1) is 0 Å². The molecule has 0 saturated carbocycles. The molecule has 0 aliphatic carbocycles. The third-order valence-corrected chi connectivity index (χ3v) is 3.54. The number of nitrogens with one attached hydrogen (secondary N) is 2. The van der Waals surface area contributed by atoms with E-state index in [0.717, 1.165) is 4.90 Å². The fourth-order valence-electron chi connectivity index (χ4n) is 2.01. The third-order valence-electron chi connectivity index (χ3n) is 3.54. The number of carboxylic acid groups (broad SMARTS) is 1. The summed E-state index contributed by atoms with van der Waals surface area (Å²) in [6.45, 7) is 6.09. The van der Waals surface area contributed by atoms with Crippen LogP contribution >= 0.6 is 0 Å². The molecule has 118 valence electrons. The maximum Gasteiger partial charge on any atom is 0.326 e. The van der Waals surface area contributed by atoms with Crippen molar-refractivity contribution < 1.29 is 24.3 Å². The molecule has 0 unspecified atom stereocenters. The average molecular weight is 299 g/mol. The summed E-state index contributed by atoms with van der Waals surface area (Å²) in [4.78, 5) is 47.4. The van der Waals surface area contributed by atoms with Crippen LogP contribution in [0.5, 0.6) is 0 Å². The summed E-state index contributed by atoms with van der Waals surface area (Å²) in [5, 5.41) is 13.9. The molecular weight excluding hydrogens is 278 g/mol. The van der Waals surface area contributed by atoms with Crippen molar-refractivity contribution >= 4 is 23.8 Å². The van der Waals surface area contributed by atoms with Crippen LogP contribution in [0, 0.1) is 5.92 Å². The summed E-state index contributed by atoms with van der Waals surface area (Å²) in [6.07, 6.45) is 0.577. The Hall–Kier alpha value is -2.12. The summed E-state index contributed by atoms with van der Waals surface area (Å²) in [5.74, 6) is -2.59. The first-order chi connectivity index (χ1) is 9.60. The monoisotopic (exact) mass is 299 g/mol. The number of hydrogen-bond acceptors (Lipinski definition) is 4. The van der Waals surface area contributed by atoms with Crippen LogP contribution in [0.1, 0.15) is 34.1 Å². The molecule has 2 atom stereocenters. The fourth-order valence-corrected chi connectivity index (χ4v) is 2.01. The van der Waals surface area contributed by atoms with Gasteiger partial charge in [-0.1, -0.05) is 20.3 Å². The minimum absolute atomic E-state index is 0.258. The summed E-state index contributed by atoms with van der Waals surface area (Å²) in [5.41, 5.74) is -1.06. The van der Waals surface area contributed by atoms with E-state index in [-0.39, 0.29) is 5.92 Å². The van der Waals surface area contributed by atoms with Gasteiger partial charge in [0.2, 0.25) is 5.91 Å². The second-order valence-corrected chi connectivity index (χ2v) is 5.72. The van der Waals surface area contributed by atoms with Crippen LogP contribution < -0.4 is 10.6 Å². The first kappa shape index (κ1) is 16.9. The SMILES string of the molecule is CC[C@H](C)[C@H](NC(=O)CN1C(=O)NC(C)(C)C1=O)C(=O)O. The third kappa shape index (κ3) is 3.71. The van der Waals surface area contributed by atoms with Gasteiger partial charge in [0.1, 0.15) is 18.1 Å². The largest absolute Gasteiger partial charge is 0.480 e. The van der Waals surface area contributed by atoms with Gasteiger partial charge < -0.3 is 15.7 Å². The maximum absolute atomic E-state index is 11.9. The van der Waals surface area contributed by atoms with Crippen LogP contribution in [0.4, 0.5) is 4.79 Å². The van der Waals surface area contributed by atoms with Crippen molar-refractivity contribution in [1.29, 1.82) is 0 Å². The van der Waals surface area contributed by atoms with Gasteiger partial charge in [-0.25, -0.2) is 9.59 Å². The Bertz CT molecular complexity index is 474. The van der Waals surface area contributed by atoms with E-state index in [4.69, 9.17) is 5.11 Å². The molecule has 8 nitrogen and oxygen atoms in total. The van der Waals surface area contributed by atoms with Crippen LogP contribution in [-0.2, 0) is 14.4 Å². The predicted molar refractivity (Wildman–Crippen MR) is 73.3 cm³/mol. The van der Waals surface area contributed by atoms with Crippen molar-refractivity contribution in [2.45, 2.75) is 45.7 Å². The molecule has 1 saturated heterocycles. The van der Waals surface area contributed by atoms with Gasteiger partial charge in [0, 0.05) is 0 Å². The maximum atomic E-state index is 11.9. The highest BCUT2D eigenvalue weighted by molar-refractivity contribution is 6.08. The molecule has 1 rings (SSSR count). The Morgan fingerprint density at radius 1 is 1.38 bits per heavy atom. The predicted octanol–water partition coefficient (Wildman–Crippen LogP) is -0.0677. The smallest absolute Gasteiger partial charge is 0.326 e. The number of carbonyl (C=O) groups excluding carboxylic acids is 3. The highest BCUT2D eigenvalue weighted by atomic mass is 16.4. The summed E-state index contributed by atoms with van der Waals surface area (Å²) >= 11 is 0. The van der Waals surface area contributed by atoms with Crippen LogP contribution in [0.25, 0.3) is 0 Å². The van der Waals surface area contributed by atoms with Gasteiger partial charge in [0.15, 0.2) is 0 Å². The molecule has 4 amide bonds. The highest BCUT2D eigenvalue weighted by Crippen LogP contribution is 2.16. The van der Waals surface area contributed by atoms with E-state index in [1.54, 1.807) is 6.92 Å². The number of urea groups is 1. The highest BCUT2D eigenvalue weighted by Gasteiger charge is 2.45. The lowest BCUT2D eigenvalue weighted by atomic mass is 9.99. The molecule has 0 aromatic heterocycles. The topological polar surface area (TPSA) is 116 Å². The van der Waals surface area contributed by atoms with Gasteiger partial charge >= 0.3 is 12.0 Å². The van der Waals surface area contributed by atoms with E-state index in [1.807, 2.05) is 6.92 Å². The quantitative estimate of drug-likeness (QED) is 0.594. The molecule has 0 aromatic carbocycles. The lowest BCUT2D eigenvalue weighted by molar-refractivity contribution is -0.143. The number of hydrogen-bond donors (Lipinski definition) is 3. The Balaban J connectivity index is 2.71. The van der Waals surface area contributed by atoms with E-state index in [0.29, 0.717) is 6.42 Å². The molecule has 0 aromatic rings. The Morgan fingerprint density at radius 2 is 1.95 bits per heavy atom. The van der Waals surface area contributed by atoms with Gasteiger partial charge in [-0.3, -0.25) is 14.5 Å². The summed E-state index contributed by atoms with van der Waals surface area (Å²) in [7, 11) is 0. The minimum atomic E-state index is -1.14. The number of amides is 4. The average Bonchev–Trinajstić information content (AvgIpc) is 2.57. The second-order valence-electron chi connectivity index (χ2n) is 5.72. The van der Waals surface area contributed by atoms with E-state index >= 15 is 0 Å². The molecule has 1 aliphatic rings. The van der Waals surface area contributed by atoms with Crippen molar-refractivity contribution in [2.75, 3.05) is 6.54 Å². The lowest BCUT2D eigenvalue weighted by Gasteiger charge is -2.21. The van der Waals surface area contributed by atoms with Gasteiger partial charge in [0.25, 0.3) is 5.91 Å². The van der Waals surface area contributed by atoms with Crippen LogP contribution in [0.2, 0.25) is 0 Å². The molecule has 0 radical (unpaired) electrons. The van der Waals surface area contributed by atoms with E-state index in [1.165, 1.54) is 13.8 Å². The van der Waals surface area contributed by atoms with Gasteiger partial charge in [-0.05, 0) is 19.8 Å². The number of aliphatic carboxylic acids is 1. The lowest BCUT2D eigenvalue weighted by Crippen LogP contribution is -2.50. The fraction of sp³-hybridized carbons (Fsp3) is 0.692. The molecule has 1 fully saturated rings.